The minimum absolute atomic E-state index is 0. The van der Waals surface area contributed by atoms with Gasteiger partial charge in [-0.25, -0.2) is 21.3 Å². The fraction of sp³-hybridized carbons (Fsp3) is 0.794. The van der Waals surface area contributed by atoms with Crippen LogP contribution in [0, 0.1) is 38.4 Å². The average molecular weight is 978 g/mol. The topological polar surface area (TPSA) is 74.2 Å². The molecule has 0 bridgehead atoms. The molecule has 0 saturated carbocycles. The summed E-state index contributed by atoms with van der Waals surface area (Å²) in [6, 6.07) is 0. The van der Waals surface area contributed by atoms with Gasteiger partial charge in [0.1, 0.15) is 0 Å². The molecular weight excluding hydrogens is 921 g/mol. The quantitative estimate of drug-likeness (QED) is 0.154. The van der Waals surface area contributed by atoms with E-state index in [-0.39, 0.29) is 54.2 Å². The van der Waals surface area contributed by atoms with Gasteiger partial charge in [-0.2, -0.15) is 15.3 Å². The van der Waals surface area contributed by atoms with Gasteiger partial charge in [0.25, 0.3) is 0 Å². The van der Waals surface area contributed by atoms with Crippen molar-refractivity contribution in [1.82, 2.24) is 0 Å². The van der Waals surface area contributed by atoms with Crippen molar-refractivity contribution in [3.63, 3.8) is 0 Å². The second-order valence-electron chi connectivity index (χ2n) is 18.4. The van der Waals surface area contributed by atoms with Crippen molar-refractivity contribution >= 4 is 37.2 Å². The molecule has 3 aliphatic rings. The van der Waals surface area contributed by atoms with E-state index in [4.69, 9.17) is 30.7 Å². The molecule has 6 nitrogen and oxygen atoms in total. The van der Waals surface area contributed by atoms with Crippen LogP contribution in [0.5, 0.6) is 0 Å². The Morgan fingerprint density at radius 1 is 0.477 bits per heavy atom. The monoisotopic (exact) mass is 978 g/mol. The van der Waals surface area contributed by atoms with E-state index in [2.05, 4.69) is 180 Å². The van der Waals surface area contributed by atoms with Crippen LogP contribution >= 0.6 is 37.2 Å². The first kappa shape index (κ1) is 42.9. The van der Waals surface area contributed by atoms with Gasteiger partial charge in [0.05, 0.1) is 17.1 Å². The first-order chi connectivity index (χ1) is 19.0. The smallest absolute Gasteiger partial charge is 0 e. The minimum Gasteiger partial charge on any atom is 0 e. The maximum absolute atomic E-state index is 5.30. The second-order valence-corrected chi connectivity index (χ2v) is 34.7. The number of halogens is 3. The summed E-state index contributed by atoms with van der Waals surface area (Å²) in [4.78, 5) is 0. The second kappa shape index (κ2) is 13.7. The molecule has 3 rings (SSSR count). The Hall–Kier alpha value is 0.924. The zero-order valence-corrected chi connectivity index (χ0v) is 38.6. The molecule has 250 valence electrons. The fourth-order valence-electron chi connectivity index (χ4n) is 5.73. The van der Waals surface area contributed by atoms with Crippen LogP contribution in [0.2, 0.25) is 0 Å². The molecule has 44 heavy (non-hydrogen) atoms. The molecule has 0 aromatic heterocycles. The van der Waals surface area contributed by atoms with Gasteiger partial charge in [-0.05, 0) is 32.9 Å². The Labute approximate surface area is 314 Å². The number of azo groups is 3. The molecule has 0 aliphatic carbocycles. The van der Waals surface area contributed by atoms with E-state index in [0.717, 1.165) is 23.0 Å². The predicted octanol–water partition coefficient (Wildman–Crippen LogP) is 9.88. The van der Waals surface area contributed by atoms with E-state index in [1.165, 1.54) is 0 Å². The van der Waals surface area contributed by atoms with E-state index in [9.17, 15) is 0 Å². The van der Waals surface area contributed by atoms with E-state index >= 15 is 0 Å². The van der Waals surface area contributed by atoms with Gasteiger partial charge in [0.2, 0.25) is 0 Å². The van der Waals surface area contributed by atoms with Crippen molar-refractivity contribution < 1.29 is 35.0 Å². The number of hydrogen-bond donors (Lipinski definition) is 0. The van der Waals surface area contributed by atoms with Crippen LogP contribution in [-0.4, -0.2) is 16.6 Å². The Kier molecular flexibility index (Phi) is 13.3. The zero-order valence-electron chi connectivity index (χ0n) is 30.5. The van der Waals surface area contributed by atoms with Crippen molar-refractivity contribution in [1.29, 1.82) is 0 Å². The summed E-state index contributed by atoms with van der Waals surface area (Å²) < 4.78 is 0. The van der Waals surface area contributed by atoms with Gasteiger partial charge in [0, 0.05) is 38.0 Å². The van der Waals surface area contributed by atoms with Crippen molar-refractivity contribution in [3.8, 4) is 0 Å². The van der Waals surface area contributed by atoms with Crippen LogP contribution in [0.4, 0.5) is 0 Å². The summed E-state index contributed by atoms with van der Waals surface area (Å²) in [6.07, 6.45) is 6.96. The van der Waals surface area contributed by atoms with Gasteiger partial charge >= 0.3 is 50.5 Å². The van der Waals surface area contributed by atoms with Crippen LogP contribution in [0.1, 0.15) is 125 Å². The molecule has 0 fully saturated rings. The van der Waals surface area contributed by atoms with Crippen LogP contribution in [0.25, 0.3) is 0 Å². The third-order valence-corrected chi connectivity index (χ3v) is 8.86. The Bertz CT molecular complexity index is 1090. The van der Waals surface area contributed by atoms with E-state index in [0.29, 0.717) is 13.3 Å². The fourth-order valence-corrected chi connectivity index (χ4v) is 5.73. The van der Waals surface area contributed by atoms with E-state index < -0.39 is 16.6 Å². The minimum atomic E-state index is -0.818. The number of nitrogens with zero attached hydrogens (tertiary/aromatic N) is 6. The normalized spacial score (nSPS) is 27.7. The van der Waals surface area contributed by atoms with E-state index in [1.807, 2.05) is 0 Å². The maximum atomic E-state index is 5.30. The van der Waals surface area contributed by atoms with Gasteiger partial charge < -0.3 is 0 Å². The molecule has 0 spiro atoms. The van der Waals surface area contributed by atoms with Gasteiger partial charge in [0.15, 0.2) is 0 Å². The molecule has 3 atom stereocenters. The molecule has 10 heteroatoms. The van der Waals surface area contributed by atoms with Gasteiger partial charge in [-0.15, -0.1) is 0 Å². The van der Waals surface area contributed by atoms with Crippen molar-refractivity contribution in [2.45, 2.75) is 141 Å². The third-order valence-electron chi connectivity index (χ3n) is 8.86. The third kappa shape index (κ3) is 8.03. The van der Waals surface area contributed by atoms with Gasteiger partial charge in [-0.3, -0.25) is 0 Å². The number of rotatable bonds is 3. The molecule has 0 radical (unpaired) electrons. The van der Waals surface area contributed by atoms with Crippen molar-refractivity contribution in [2.75, 3.05) is 0 Å². The molecule has 3 unspecified atom stereocenters. The molecule has 0 amide bonds. The average Bonchev–Trinajstić information content (AvgIpc) is 3.51. The molecule has 0 aromatic rings. The molecule has 3 heterocycles. The molecule has 0 saturated heterocycles. The molecule has 0 aromatic carbocycles. The van der Waals surface area contributed by atoms with Crippen LogP contribution in [-0.2, 0) is 21.7 Å². The van der Waals surface area contributed by atoms with Crippen LogP contribution in [0.3, 0.4) is 0 Å². The summed E-state index contributed by atoms with van der Waals surface area (Å²) >= 11 is 5.30. The zero-order chi connectivity index (χ0) is 33.9. The largest absolute Gasteiger partial charge is 0 e. The van der Waals surface area contributed by atoms with E-state index in [1.54, 1.807) is 0 Å². The number of hydrogen-bond acceptors (Lipinski definition) is 6. The summed E-state index contributed by atoms with van der Waals surface area (Å²) in [5.74, 6) is 1.09. The summed E-state index contributed by atoms with van der Waals surface area (Å²) in [7, 11) is 0. The summed E-state index contributed by atoms with van der Waals surface area (Å²) in [5, 5.41) is 30.7. The molecule has 3 aliphatic heterocycles. The van der Waals surface area contributed by atoms with Crippen LogP contribution in [0.15, 0.2) is 66.0 Å². The van der Waals surface area contributed by atoms with Crippen molar-refractivity contribution in [3.05, 3.63) is 41.2 Å². The molecule has 0 N–H and O–H groups in total. The summed E-state index contributed by atoms with van der Waals surface area (Å²) in [6.45, 7) is 40.2. The van der Waals surface area contributed by atoms with Crippen LogP contribution < -0.4 is 13.3 Å². The predicted molar refractivity (Wildman–Crippen MR) is 195 cm³/mol. The van der Waals surface area contributed by atoms with Gasteiger partial charge in [-0.1, -0.05) is 143 Å². The standard InChI is InChI=1S/C34H57N6.I3.Ti/c1-26(2,3)22-19-32(38-35-22,29(10,11)12)25(33(30(13,14)15)20-23(36-39-33)27(4,5)6)34(31(16,17)18)21-24(37-40-34)28(7,8)9;1-3-2;/h19-21H,1-18H3;;/q2*-1;. The Balaban J connectivity index is 0.00000232. The van der Waals surface area contributed by atoms with Crippen molar-refractivity contribution in [2.24, 2.45) is 63.2 Å². The Morgan fingerprint density at radius 3 is 0.773 bits per heavy atom. The summed E-state index contributed by atoms with van der Waals surface area (Å²) in [5.41, 5.74) is -1.05. The SMILES string of the molecule is CC(C)(C)C1=CC([C-](C2(C(C)(C)C)C=C(C(C)(C)C)N=N2)C2(C(C)(C)C)C=C(C(C)(C)C)N=N2)(C(C)(C)C)N=N1.I[I-]I.[Ti]. The molecular formula is C34H57I3N6Ti-2. The first-order valence-corrected chi connectivity index (χ1v) is 27.8. The number of allylic oxidation sites excluding steroid dienone is 3. The first-order valence-electron chi connectivity index (χ1n) is 15.2. The maximum Gasteiger partial charge on any atom is 0 e. The Morgan fingerprint density at radius 2 is 0.659 bits per heavy atom.